The van der Waals surface area contributed by atoms with Crippen LogP contribution in [0.15, 0.2) is 18.3 Å². The normalized spacial score (nSPS) is 15.6. The number of nitrogens with zero attached hydrogens (tertiary/aromatic N) is 1. The molecule has 1 amide bonds. The van der Waals surface area contributed by atoms with Crippen molar-refractivity contribution in [2.24, 2.45) is 11.7 Å². The van der Waals surface area contributed by atoms with Crippen LogP contribution in [0.2, 0.25) is 0 Å². The van der Waals surface area contributed by atoms with E-state index < -0.39 is 0 Å². The van der Waals surface area contributed by atoms with Crippen LogP contribution in [-0.4, -0.2) is 17.4 Å². The first-order valence-corrected chi connectivity index (χ1v) is 5.73. The Balaban J connectivity index is 1.91. The summed E-state index contributed by atoms with van der Waals surface area (Å²) in [5.74, 6) is 0.573. The molecule has 0 unspecified atom stereocenters. The van der Waals surface area contributed by atoms with Crippen molar-refractivity contribution in [2.75, 3.05) is 6.54 Å². The average molecular weight is 219 g/mol. The molecule has 2 rings (SSSR count). The Morgan fingerprint density at radius 3 is 3.00 bits per heavy atom. The van der Waals surface area contributed by atoms with Crippen molar-refractivity contribution < 1.29 is 4.79 Å². The first kappa shape index (κ1) is 11.1. The molecule has 1 aromatic heterocycles. The first-order chi connectivity index (χ1) is 7.79. The van der Waals surface area contributed by atoms with Crippen LogP contribution >= 0.6 is 0 Å². The molecule has 1 aliphatic rings. The summed E-state index contributed by atoms with van der Waals surface area (Å²) in [5, 5.41) is 2.91. The second-order valence-corrected chi connectivity index (χ2v) is 4.26. The van der Waals surface area contributed by atoms with Gasteiger partial charge in [-0.15, -0.1) is 0 Å². The Morgan fingerprint density at radius 1 is 1.56 bits per heavy atom. The number of pyridine rings is 1. The summed E-state index contributed by atoms with van der Waals surface area (Å²) in [5.41, 5.74) is 6.91. The molecule has 1 saturated carbocycles. The van der Waals surface area contributed by atoms with E-state index in [0.29, 0.717) is 18.2 Å². The van der Waals surface area contributed by atoms with E-state index in [4.69, 9.17) is 5.73 Å². The molecule has 0 aliphatic heterocycles. The largest absolute Gasteiger partial charge is 0.350 e. The molecule has 0 bridgehead atoms. The van der Waals surface area contributed by atoms with Crippen LogP contribution in [0.25, 0.3) is 0 Å². The van der Waals surface area contributed by atoms with Gasteiger partial charge in [-0.3, -0.25) is 9.78 Å². The fourth-order valence-corrected chi connectivity index (χ4v) is 1.75. The maximum absolute atomic E-state index is 11.7. The van der Waals surface area contributed by atoms with E-state index in [2.05, 4.69) is 10.3 Å². The lowest BCUT2D eigenvalue weighted by Crippen LogP contribution is -2.32. The molecule has 4 heteroatoms. The summed E-state index contributed by atoms with van der Waals surface area (Å²) in [6, 6.07) is 3.57. The zero-order valence-electron chi connectivity index (χ0n) is 9.28. The Morgan fingerprint density at radius 2 is 2.38 bits per heavy atom. The van der Waals surface area contributed by atoms with Crippen LogP contribution in [0.1, 0.15) is 35.3 Å². The summed E-state index contributed by atoms with van der Waals surface area (Å²) in [6.45, 7) is 1.21. The molecular formula is C12H17N3O. The van der Waals surface area contributed by atoms with Gasteiger partial charge in [0.1, 0.15) is 5.69 Å². The van der Waals surface area contributed by atoms with Crippen LogP contribution in [0, 0.1) is 5.92 Å². The van der Waals surface area contributed by atoms with Crippen molar-refractivity contribution >= 4 is 5.91 Å². The van der Waals surface area contributed by atoms with E-state index in [1.807, 2.05) is 6.07 Å². The Bertz CT molecular complexity index is 374. The molecule has 1 heterocycles. The number of nitrogens with two attached hydrogens (primary N) is 1. The maximum Gasteiger partial charge on any atom is 0.269 e. The standard InChI is InChI=1S/C12H17N3O/c13-7-10-4-5-14-11(6-10)12(16)15-8-9-2-1-3-9/h4-6,9H,1-3,7-8,13H2,(H,15,16). The molecule has 0 radical (unpaired) electrons. The lowest BCUT2D eigenvalue weighted by molar-refractivity contribution is 0.0934. The number of rotatable bonds is 4. The quantitative estimate of drug-likeness (QED) is 0.796. The minimum atomic E-state index is -0.0952. The van der Waals surface area contributed by atoms with Gasteiger partial charge in [0.15, 0.2) is 0 Å². The highest BCUT2D eigenvalue weighted by atomic mass is 16.1. The SMILES string of the molecule is NCc1ccnc(C(=O)NCC2CCC2)c1. The van der Waals surface area contributed by atoms with E-state index in [1.165, 1.54) is 19.3 Å². The lowest BCUT2D eigenvalue weighted by Gasteiger charge is -2.25. The smallest absolute Gasteiger partial charge is 0.269 e. The molecule has 0 atom stereocenters. The second kappa shape index (κ2) is 5.07. The minimum absolute atomic E-state index is 0.0952. The first-order valence-electron chi connectivity index (χ1n) is 5.73. The second-order valence-electron chi connectivity index (χ2n) is 4.26. The molecule has 0 spiro atoms. The van der Waals surface area contributed by atoms with E-state index in [0.717, 1.165) is 12.1 Å². The van der Waals surface area contributed by atoms with E-state index >= 15 is 0 Å². The fourth-order valence-electron chi connectivity index (χ4n) is 1.75. The predicted molar refractivity (Wildman–Crippen MR) is 61.8 cm³/mol. The predicted octanol–water partition coefficient (Wildman–Crippen LogP) is 1.07. The summed E-state index contributed by atoms with van der Waals surface area (Å²) in [7, 11) is 0. The number of carbonyl (C=O) groups excluding carboxylic acids is 1. The maximum atomic E-state index is 11.7. The third kappa shape index (κ3) is 2.58. The van der Waals surface area contributed by atoms with Gasteiger partial charge in [-0.25, -0.2) is 0 Å². The average Bonchev–Trinajstić information content (AvgIpc) is 2.27. The zero-order valence-corrected chi connectivity index (χ0v) is 9.28. The van der Waals surface area contributed by atoms with Crippen LogP contribution in [0.4, 0.5) is 0 Å². The Hall–Kier alpha value is -1.42. The van der Waals surface area contributed by atoms with E-state index in [9.17, 15) is 4.79 Å². The lowest BCUT2D eigenvalue weighted by atomic mass is 9.85. The third-order valence-electron chi connectivity index (χ3n) is 3.07. The summed E-state index contributed by atoms with van der Waals surface area (Å²) < 4.78 is 0. The van der Waals surface area contributed by atoms with Crippen LogP contribution in [-0.2, 0) is 6.54 Å². The molecule has 0 aromatic carbocycles. The van der Waals surface area contributed by atoms with Crippen molar-refractivity contribution in [1.82, 2.24) is 10.3 Å². The van der Waals surface area contributed by atoms with Crippen molar-refractivity contribution in [1.29, 1.82) is 0 Å². The third-order valence-corrected chi connectivity index (χ3v) is 3.07. The van der Waals surface area contributed by atoms with Crippen molar-refractivity contribution in [3.05, 3.63) is 29.6 Å². The number of aromatic nitrogens is 1. The van der Waals surface area contributed by atoms with Gasteiger partial charge in [0, 0.05) is 19.3 Å². The Labute approximate surface area is 95.3 Å². The molecule has 1 aliphatic carbocycles. The minimum Gasteiger partial charge on any atom is -0.350 e. The number of hydrogen-bond donors (Lipinski definition) is 2. The zero-order chi connectivity index (χ0) is 11.4. The van der Waals surface area contributed by atoms with E-state index in [1.54, 1.807) is 12.3 Å². The summed E-state index contributed by atoms with van der Waals surface area (Å²) >= 11 is 0. The van der Waals surface area contributed by atoms with Crippen LogP contribution in [0.3, 0.4) is 0 Å². The molecule has 86 valence electrons. The molecule has 0 saturated heterocycles. The van der Waals surface area contributed by atoms with Crippen LogP contribution < -0.4 is 11.1 Å². The van der Waals surface area contributed by atoms with Gasteiger partial charge in [-0.2, -0.15) is 0 Å². The van der Waals surface area contributed by atoms with Gasteiger partial charge in [-0.1, -0.05) is 6.42 Å². The van der Waals surface area contributed by atoms with Crippen molar-refractivity contribution in [3.8, 4) is 0 Å². The highest BCUT2D eigenvalue weighted by Crippen LogP contribution is 2.25. The number of hydrogen-bond acceptors (Lipinski definition) is 3. The number of amides is 1. The molecule has 16 heavy (non-hydrogen) atoms. The van der Waals surface area contributed by atoms with Gasteiger partial charge in [-0.05, 0) is 36.5 Å². The highest BCUT2D eigenvalue weighted by Gasteiger charge is 2.18. The van der Waals surface area contributed by atoms with Crippen LogP contribution in [0.5, 0.6) is 0 Å². The molecule has 4 nitrogen and oxygen atoms in total. The van der Waals surface area contributed by atoms with E-state index in [-0.39, 0.29) is 5.91 Å². The molecule has 1 fully saturated rings. The van der Waals surface area contributed by atoms with Gasteiger partial charge in [0.05, 0.1) is 0 Å². The summed E-state index contributed by atoms with van der Waals surface area (Å²) in [6.07, 6.45) is 5.38. The van der Waals surface area contributed by atoms with Gasteiger partial charge in [0.2, 0.25) is 0 Å². The van der Waals surface area contributed by atoms with Crippen molar-refractivity contribution in [2.45, 2.75) is 25.8 Å². The summed E-state index contributed by atoms with van der Waals surface area (Å²) in [4.78, 5) is 15.8. The van der Waals surface area contributed by atoms with Crippen molar-refractivity contribution in [3.63, 3.8) is 0 Å². The highest BCUT2D eigenvalue weighted by molar-refractivity contribution is 5.92. The molecule has 1 aromatic rings. The topological polar surface area (TPSA) is 68.0 Å². The number of nitrogens with one attached hydrogen (secondary N) is 1. The number of carbonyl (C=O) groups is 1. The monoisotopic (exact) mass is 219 g/mol. The molecule has 3 N–H and O–H groups in total. The van der Waals surface area contributed by atoms with Gasteiger partial charge in [0.25, 0.3) is 5.91 Å². The Kier molecular flexibility index (Phi) is 3.51. The van der Waals surface area contributed by atoms with Gasteiger partial charge < -0.3 is 11.1 Å². The fraction of sp³-hybridized carbons (Fsp3) is 0.500. The van der Waals surface area contributed by atoms with Gasteiger partial charge >= 0.3 is 0 Å². The molecular weight excluding hydrogens is 202 g/mol.